The van der Waals surface area contributed by atoms with Crippen LogP contribution in [0.15, 0.2) is 83.5 Å². The third kappa shape index (κ3) is 4.87. The molecule has 2 N–H and O–H groups in total. The van der Waals surface area contributed by atoms with Gasteiger partial charge in [0.05, 0.1) is 5.69 Å². The second kappa shape index (κ2) is 9.93. The van der Waals surface area contributed by atoms with Crippen molar-refractivity contribution >= 4 is 40.7 Å². The summed E-state index contributed by atoms with van der Waals surface area (Å²) in [6, 6.07) is 21.9. The van der Waals surface area contributed by atoms with Crippen molar-refractivity contribution in [2.75, 3.05) is 16.8 Å². The molecule has 4 rings (SSSR count). The number of halogens is 1. The first-order valence-corrected chi connectivity index (χ1v) is 11.3. The van der Waals surface area contributed by atoms with E-state index in [-0.39, 0.29) is 16.6 Å². The first-order valence-electron chi connectivity index (χ1n) is 10.9. The summed E-state index contributed by atoms with van der Waals surface area (Å²) >= 11 is 6.22. The van der Waals surface area contributed by atoms with Crippen LogP contribution in [-0.4, -0.2) is 24.3 Å². The molecule has 1 aliphatic rings. The average molecular weight is 474 g/mol. The van der Waals surface area contributed by atoms with E-state index in [1.54, 1.807) is 36.4 Å². The normalized spacial score (nSPS) is 13.4. The van der Waals surface area contributed by atoms with Crippen LogP contribution in [0.5, 0.6) is 0 Å². The molecule has 0 radical (unpaired) electrons. The minimum atomic E-state index is -0.577. The summed E-state index contributed by atoms with van der Waals surface area (Å²) in [5.74, 6) is -1.29. The quantitative estimate of drug-likeness (QED) is 0.487. The minimum absolute atomic E-state index is 0.00459. The van der Waals surface area contributed by atoms with E-state index in [2.05, 4.69) is 10.6 Å². The lowest BCUT2D eigenvalue weighted by molar-refractivity contribution is -0.120. The largest absolute Gasteiger partial charge is 0.352 e. The van der Waals surface area contributed by atoms with Crippen molar-refractivity contribution in [2.45, 2.75) is 20.3 Å². The van der Waals surface area contributed by atoms with Crippen molar-refractivity contribution in [3.05, 3.63) is 106 Å². The van der Waals surface area contributed by atoms with Crippen LogP contribution in [0.1, 0.15) is 27.0 Å². The number of amides is 3. The Bertz CT molecular complexity index is 1280. The van der Waals surface area contributed by atoms with Gasteiger partial charge in [0, 0.05) is 17.8 Å². The number of aryl methyl sites for hydroxylation is 2. The highest BCUT2D eigenvalue weighted by Crippen LogP contribution is 2.31. The molecule has 0 unspecified atom stereocenters. The number of carbonyl (C=O) groups excluding carboxylic acids is 3. The lowest BCUT2D eigenvalue weighted by Crippen LogP contribution is -2.32. The Morgan fingerprint density at radius 2 is 1.59 bits per heavy atom. The molecule has 3 amide bonds. The molecule has 6 nitrogen and oxygen atoms in total. The van der Waals surface area contributed by atoms with Crippen molar-refractivity contribution in [3.63, 3.8) is 0 Å². The number of rotatable bonds is 7. The third-order valence-electron chi connectivity index (χ3n) is 5.73. The molecule has 34 heavy (non-hydrogen) atoms. The molecular formula is C27H24ClN3O3. The van der Waals surface area contributed by atoms with Crippen molar-refractivity contribution in [1.29, 1.82) is 0 Å². The molecule has 7 heteroatoms. The molecule has 1 aliphatic heterocycles. The molecule has 1 heterocycles. The first-order chi connectivity index (χ1) is 16.3. The molecule has 0 bridgehead atoms. The Morgan fingerprint density at radius 1 is 0.882 bits per heavy atom. The zero-order chi connectivity index (χ0) is 24.2. The van der Waals surface area contributed by atoms with Gasteiger partial charge in [-0.15, -0.1) is 0 Å². The molecule has 0 aliphatic carbocycles. The zero-order valence-corrected chi connectivity index (χ0v) is 19.6. The average Bonchev–Trinajstić information content (AvgIpc) is 3.05. The Kier molecular flexibility index (Phi) is 6.80. The summed E-state index contributed by atoms with van der Waals surface area (Å²) in [6.45, 7) is 4.39. The minimum Gasteiger partial charge on any atom is -0.352 e. The van der Waals surface area contributed by atoms with Gasteiger partial charge in [0.15, 0.2) is 0 Å². The summed E-state index contributed by atoms with van der Waals surface area (Å²) in [6.07, 6.45) is 0.742. The van der Waals surface area contributed by atoms with Crippen LogP contribution in [0.2, 0.25) is 0 Å². The van der Waals surface area contributed by atoms with E-state index in [0.717, 1.165) is 28.0 Å². The van der Waals surface area contributed by atoms with Gasteiger partial charge >= 0.3 is 0 Å². The SMILES string of the molecule is Cc1ccc(N2C(=O)C(Cl)=C(Nc3ccc(C(=O)NCCc4ccccc4)cc3)C2=O)cc1C. The number of carbonyl (C=O) groups is 3. The standard InChI is InChI=1S/C27H24ClN3O3/c1-17-8-13-22(16-18(17)2)31-26(33)23(28)24(27(31)34)30-21-11-9-20(10-12-21)25(32)29-15-14-19-6-4-3-5-7-19/h3-13,16,30H,14-15H2,1-2H3,(H,29,32). The smallest absolute Gasteiger partial charge is 0.283 e. The molecule has 3 aromatic rings. The van der Waals surface area contributed by atoms with Crippen LogP contribution >= 0.6 is 11.6 Å². The van der Waals surface area contributed by atoms with Crippen LogP contribution in [0, 0.1) is 13.8 Å². The van der Waals surface area contributed by atoms with E-state index < -0.39 is 11.8 Å². The molecule has 0 atom stereocenters. The Labute approximate surface area is 203 Å². The van der Waals surface area contributed by atoms with Gasteiger partial charge in [-0.3, -0.25) is 14.4 Å². The lowest BCUT2D eigenvalue weighted by Gasteiger charge is -2.16. The summed E-state index contributed by atoms with van der Waals surface area (Å²) < 4.78 is 0. The maximum atomic E-state index is 13.0. The van der Waals surface area contributed by atoms with E-state index >= 15 is 0 Å². The number of imide groups is 1. The molecule has 0 fully saturated rings. The molecule has 0 saturated heterocycles. The summed E-state index contributed by atoms with van der Waals surface area (Å²) in [5.41, 5.74) is 4.68. The fourth-order valence-corrected chi connectivity index (χ4v) is 3.84. The predicted molar refractivity (Wildman–Crippen MR) is 134 cm³/mol. The lowest BCUT2D eigenvalue weighted by atomic mass is 10.1. The maximum absolute atomic E-state index is 13.0. The second-order valence-corrected chi connectivity index (χ2v) is 8.48. The number of hydrogen-bond acceptors (Lipinski definition) is 4. The Balaban J connectivity index is 1.40. The van der Waals surface area contributed by atoms with Crippen molar-refractivity contribution in [3.8, 4) is 0 Å². The van der Waals surface area contributed by atoms with Gasteiger partial charge in [0.25, 0.3) is 17.7 Å². The monoisotopic (exact) mass is 473 g/mol. The zero-order valence-electron chi connectivity index (χ0n) is 18.9. The van der Waals surface area contributed by atoms with Gasteiger partial charge in [-0.2, -0.15) is 0 Å². The Morgan fingerprint density at radius 3 is 2.26 bits per heavy atom. The molecule has 172 valence electrons. The van der Waals surface area contributed by atoms with Crippen molar-refractivity contribution in [1.82, 2.24) is 5.32 Å². The van der Waals surface area contributed by atoms with Gasteiger partial charge in [0.1, 0.15) is 10.7 Å². The molecule has 0 spiro atoms. The number of nitrogens with zero attached hydrogens (tertiary/aromatic N) is 1. The van der Waals surface area contributed by atoms with Crippen LogP contribution in [0.25, 0.3) is 0 Å². The van der Waals surface area contributed by atoms with Crippen molar-refractivity contribution in [2.24, 2.45) is 0 Å². The summed E-state index contributed by atoms with van der Waals surface area (Å²) in [4.78, 5) is 39.1. The third-order valence-corrected chi connectivity index (χ3v) is 6.09. The van der Waals surface area contributed by atoms with Gasteiger partial charge < -0.3 is 10.6 Å². The number of nitrogens with one attached hydrogen (secondary N) is 2. The summed E-state index contributed by atoms with van der Waals surface area (Å²) in [7, 11) is 0. The first kappa shape index (κ1) is 23.3. The topological polar surface area (TPSA) is 78.5 Å². The van der Waals surface area contributed by atoms with Crippen LogP contribution in [0.3, 0.4) is 0 Å². The summed E-state index contributed by atoms with van der Waals surface area (Å²) in [5, 5.41) is 5.65. The molecule has 3 aromatic carbocycles. The van der Waals surface area contributed by atoms with Crippen LogP contribution in [0.4, 0.5) is 11.4 Å². The van der Waals surface area contributed by atoms with E-state index in [0.29, 0.717) is 23.5 Å². The Hall–Kier alpha value is -3.90. The van der Waals surface area contributed by atoms with E-state index in [4.69, 9.17) is 11.6 Å². The van der Waals surface area contributed by atoms with Crippen LogP contribution in [-0.2, 0) is 16.0 Å². The second-order valence-electron chi connectivity index (χ2n) is 8.10. The highest BCUT2D eigenvalue weighted by molar-refractivity contribution is 6.53. The van der Waals surface area contributed by atoms with Gasteiger partial charge in [-0.25, -0.2) is 4.90 Å². The van der Waals surface area contributed by atoms with Gasteiger partial charge in [-0.05, 0) is 73.4 Å². The van der Waals surface area contributed by atoms with Gasteiger partial charge in [0.2, 0.25) is 0 Å². The van der Waals surface area contributed by atoms with Gasteiger partial charge in [-0.1, -0.05) is 48.0 Å². The van der Waals surface area contributed by atoms with E-state index in [1.807, 2.05) is 50.2 Å². The number of hydrogen-bond donors (Lipinski definition) is 2. The maximum Gasteiger partial charge on any atom is 0.283 e. The number of benzene rings is 3. The van der Waals surface area contributed by atoms with E-state index in [1.165, 1.54) is 0 Å². The molecular weight excluding hydrogens is 450 g/mol. The predicted octanol–water partition coefficient (Wildman–Crippen LogP) is 4.71. The van der Waals surface area contributed by atoms with E-state index in [9.17, 15) is 14.4 Å². The van der Waals surface area contributed by atoms with Crippen LogP contribution < -0.4 is 15.5 Å². The van der Waals surface area contributed by atoms with Crippen molar-refractivity contribution < 1.29 is 14.4 Å². The molecule has 0 saturated carbocycles. The highest BCUT2D eigenvalue weighted by Gasteiger charge is 2.39. The fraction of sp³-hybridized carbons (Fsp3) is 0.148. The fourth-order valence-electron chi connectivity index (χ4n) is 3.63. The molecule has 0 aromatic heterocycles. The number of anilines is 2. The highest BCUT2D eigenvalue weighted by atomic mass is 35.5.